The van der Waals surface area contributed by atoms with Gasteiger partial charge in [-0.05, 0) is 104 Å². The Balaban J connectivity index is 1.47. The largest absolute Gasteiger partial charge is 0.392 e. The van der Waals surface area contributed by atoms with E-state index in [0.29, 0.717) is 16.7 Å². The van der Waals surface area contributed by atoms with E-state index < -0.39 is 0 Å². The number of nitrogens with two attached hydrogens (primary N) is 1. The molecule has 4 saturated carbocycles. The zero-order chi connectivity index (χ0) is 21.0. The number of aliphatic hydroxyl groups is 1. The molecule has 10 atom stereocenters. The monoisotopic (exact) mass is 403 g/mol. The predicted molar refractivity (Wildman–Crippen MR) is 122 cm³/mol. The van der Waals surface area contributed by atoms with Crippen molar-refractivity contribution in [1.29, 1.82) is 0 Å². The molecular formula is C27H49NO. The molecule has 29 heavy (non-hydrogen) atoms. The Bertz CT molecular complexity index is 575. The molecule has 2 heteroatoms. The molecule has 0 aliphatic heterocycles. The van der Waals surface area contributed by atoms with Gasteiger partial charge in [0.05, 0.1) is 6.10 Å². The molecule has 3 N–H and O–H groups in total. The van der Waals surface area contributed by atoms with Gasteiger partial charge in [0.15, 0.2) is 0 Å². The lowest BCUT2D eigenvalue weighted by molar-refractivity contribution is -0.133. The van der Waals surface area contributed by atoms with Crippen molar-refractivity contribution in [3.8, 4) is 0 Å². The van der Waals surface area contributed by atoms with Gasteiger partial charge in [0, 0.05) is 6.04 Å². The van der Waals surface area contributed by atoms with Crippen molar-refractivity contribution in [2.45, 2.75) is 117 Å². The SMILES string of the molecule is CC(C)CCC[C@@H](C)[C@H]1CC[C@H]2[C@@H]3CC[C@H]4C[C@@H](O)[C@@H](N)C[C@]4(C)[C@H]3CC[C@]12C. The fraction of sp³-hybridized carbons (Fsp3) is 1.00. The molecule has 0 amide bonds. The molecule has 0 saturated heterocycles. The number of hydrogen-bond donors (Lipinski definition) is 2. The predicted octanol–water partition coefficient (Wildman–Crippen LogP) is 6.41. The van der Waals surface area contributed by atoms with Crippen molar-refractivity contribution >= 4 is 0 Å². The molecule has 4 rings (SSSR count). The molecule has 0 aromatic heterocycles. The van der Waals surface area contributed by atoms with Gasteiger partial charge in [-0.25, -0.2) is 0 Å². The van der Waals surface area contributed by atoms with Crippen LogP contribution in [0.2, 0.25) is 0 Å². The summed E-state index contributed by atoms with van der Waals surface area (Å²) in [5, 5.41) is 10.4. The molecule has 2 nitrogen and oxygen atoms in total. The second-order valence-electron chi connectivity index (χ2n) is 12.9. The number of fused-ring (bicyclic) bond motifs is 5. The minimum Gasteiger partial charge on any atom is -0.392 e. The molecule has 4 aliphatic carbocycles. The van der Waals surface area contributed by atoms with Gasteiger partial charge in [-0.1, -0.05) is 53.9 Å². The van der Waals surface area contributed by atoms with Crippen LogP contribution in [0.15, 0.2) is 0 Å². The molecule has 4 aliphatic rings. The number of hydrogen-bond acceptors (Lipinski definition) is 2. The van der Waals surface area contributed by atoms with Gasteiger partial charge in [0.2, 0.25) is 0 Å². The molecule has 168 valence electrons. The van der Waals surface area contributed by atoms with E-state index in [9.17, 15) is 5.11 Å². The highest BCUT2D eigenvalue weighted by atomic mass is 16.3. The third kappa shape index (κ3) is 3.73. The van der Waals surface area contributed by atoms with Crippen LogP contribution < -0.4 is 5.73 Å². The van der Waals surface area contributed by atoms with Gasteiger partial charge >= 0.3 is 0 Å². The third-order valence-corrected chi connectivity index (χ3v) is 11.0. The summed E-state index contributed by atoms with van der Waals surface area (Å²) in [5.41, 5.74) is 7.36. The lowest BCUT2D eigenvalue weighted by Gasteiger charge is -2.62. The van der Waals surface area contributed by atoms with Crippen LogP contribution >= 0.6 is 0 Å². The molecule has 0 bridgehead atoms. The van der Waals surface area contributed by atoms with E-state index in [-0.39, 0.29) is 12.1 Å². The molecule has 0 spiro atoms. The summed E-state index contributed by atoms with van der Waals surface area (Å²) >= 11 is 0. The van der Waals surface area contributed by atoms with Crippen molar-refractivity contribution in [3.05, 3.63) is 0 Å². The summed E-state index contributed by atoms with van der Waals surface area (Å²) in [5.74, 6) is 6.11. The van der Waals surface area contributed by atoms with E-state index in [1.54, 1.807) is 0 Å². The second-order valence-corrected chi connectivity index (χ2v) is 12.9. The van der Waals surface area contributed by atoms with Crippen molar-refractivity contribution in [2.75, 3.05) is 0 Å². The van der Waals surface area contributed by atoms with Gasteiger partial charge in [0.1, 0.15) is 0 Å². The quantitative estimate of drug-likeness (QED) is 0.557. The van der Waals surface area contributed by atoms with E-state index in [2.05, 4.69) is 34.6 Å². The van der Waals surface area contributed by atoms with Crippen molar-refractivity contribution in [3.63, 3.8) is 0 Å². The smallest absolute Gasteiger partial charge is 0.0694 e. The topological polar surface area (TPSA) is 46.2 Å². The van der Waals surface area contributed by atoms with Crippen LogP contribution in [0.25, 0.3) is 0 Å². The summed E-state index contributed by atoms with van der Waals surface area (Å²) < 4.78 is 0. The van der Waals surface area contributed by atoms with Gasteiger partial charge in [-0.15, -0.1) is 0 Å². The molecule has 0 unspecified atom stereocenters. The molecular weight excluding hydrogens is 354 g/mol. The van der Waals surface area contributed by atoms with E-state index in [4.69, 9.17) is 5.73 Å². The Hall–Kier alpha value is -0.0800. The summed E-state index contributed by atoms with van der Waals surface area (Å²) in [6.45, 7) is 12.6. The Morgan fingerprint density at radius 2 is 1.66 bits per heavy atom. The highest BCUT2D eigenvalue weighted by Gasteiger charge is 2.61. The van der Waals surface area contributed by atoms with E-state index >= 15 is 0 Å². The maximum absolute atomic E-state index is 10.4. The lowest BCUT2D eigenvalue weighted by Crippen LogP contribution is -2.58. The van der Waals surface area contributed by atoms with E-state index in [1.807, 2.05) is 0 Å². The Morgan fingerprint density at radius 1 is 0.931 bits per heavy atom. The Morgan fingerprint density at radius 3 is 2.38 bits per heavy atom. The number of rotatable bonds is 5. The van der Waals surface area contributed by atoms with Crippen LogP contribution in [0.5, 0.6) is 0 Å². The fourth-order valence-electron chi connectivity index (χ4n) is 9.37. The van der Waals surface area contributed by atoms with Crippen molar-refractivity contribution < 1.29 is 5.11 Å². The average molecular weight is 404 g/mol. The third-order valence-electron chi connectivity index (χ3n) is 11.0. The molecule has 0 radical (unpaired) electrons. The maximum Gasteiger partial charge on any atom is 0.0694 e. The summed E-state index contributed by atoms with van der Waals surface area (Å²) in [6, 6.07) is 0.000571. The first kappa shape index (κ1) is 22.1. The fourth-order valence-corrected chi connectivity index (χ4v) is 9.37. The zero-order valence-corrected chi connectivity index (χ0v) is 20.0. The minimum atomic E-state index is -0.263. The molecule has 0 aromatic carbocycles. The lowest BCUT2D eigenvalue weighted by atomic mass is 9.44. The van der Waals surface area contributed by atoms with E-state index in [1.165, 1.54) is 57.8 Å². The highest BCUT2D eigenvalue weighted by molar-refractivity contribution is 5.10. The maximum atomic E-state index is 10.4. The van der Waals surface area contributed by atoms with Crippen LogP contribution in [-0.4, -0.2) is 17.3 Å². The molecule has 0 aromatic rings. The Labute approximate surface area is 180 Å². The van der Waals surface area contributed by atoms with Gasteiger partial charge in [-0.3, -0.25) is 0 Å². The standard InChI is InChI=1S/C27H49NO/c1-17(2)7-6-8-18(3)21-11-12-22-20-10-9-19-15-25(29)24(28)16-27(19,5)23(20)13-14-26(21,22)4/h17-25,29H,6-16,28H2,1-5H3/t18-,19+,20+,21-,22+,23+,24+,25-,26-,27+/m1/s1. The van der Waals surface area contributed by atoms with Crippen LogP contribution in [0.1, 0.15) is 105 Å². The first-order valence-corrected chi connectivity index (χ1v) is 13.1. The normalized spacial score (nSPS) is 50.7. The number of aliphatic hydroxyl groups excluding tert-OH is 1. The first-order valence-electron chi connectivity index (χ1n) is 13.1. The van der Waals surface area contributed by atoms with Crippen molar-refractivity contribution in [1.82, 2.24) is 0 Å². The van der Waals surface area contributed by atoms with Crippen LogP contribution in [0, 0.1) is 52.3 Å². The first-order chi connectivity index (χ1) is 13.7. The van der Waals surface area contributed by atoms with Crippen LogP contribution in [0.4, 0.5) is 0 Å². The summed E-state index contributed by atoms with van der Waals surface area (Å²) in [6.07, 6.45) is 14.6. The van der Waals surface area contributed by atoms with Gasteiger partial charge in [0.25, 0.3) is 0 Å². The molecule has 0 heterocycles. The Kier molecular flexibility index (Phi) is 6.19. The zero-order valence-electron chi connectivity index (χ0n) is 20.0. The highest BCUT2D eigenvalue weighted by Crippen LogP contribution is 2.68. The van der Waals surface area contributed by atoms with Gasteiger partial charge in [-0.2, -0.15) is 0 Å². The summed E-state index contributed by atoms with van der Waals surface area (Å²) in [4.78, 5) is 0. The van der Waals surface area contributed by atoms with E-state index in [0.717, 1.165) is 48.3 Å². The van der Waals surface area contributed by atoms with Crippen molar-refractivity contribution in [2.24, 2.45) is 58.0 Å². The average Bonchev–Trinajstić information content (AvgIpc) is 3.00. The summed E-state index contributed by atoms with van der Waals surface area (Å²) in [7, 11) is 0. The minimum absolute atomic E-state index is 0.000571. The van der Waals surface area contributed by atoms with Crippen LogP contribution in [0.3, 0.4) is 0 Å². The van der Waals surface area contributed by atoms with Gasteiger partial charge < -0.3 is 10.8 Å². The second kappa shape index (κ2) is 8.12. The molecule has 4 fully saturated rings. The van der Waals surface area contributed by atoms with Crippen LogP contribution in [-0.2, 0) is 0 Å².